The van der Waals surface area contributed by atoms with E-state index in [-0.39, 0.29) is 0 Å². The monoisotopic (exact) mass is 680 g/mol. The summed E-state index contributed by atoms with van der Waals surface area (Å²) < 4.78 is 0. The molecule has 0 heterocycles. The van der Waals surface area contributed by atoms with Crippen molar-refractivity contribution in [3.05, 3.63) is 0 Å². The van der Waals surface area contributed by atoms with Crippen LogP contribution in [-0.4, -0.2) is 23.0 Å². The van der Waals surface area contributed by atoms with Crippen LogP contribution in [0.2, 0.25) is 0 Å². The molecule has 14 heavy (non-hydrogen) atoms. The van der Waals surface area contributed by atoms with Gasteiger partial charge in [-0.15, -0.1) is 0 Å². The third-order valence-corrected chi connectivity index (χ3v) is 1.50. The fraction of sp³-hybridized carbons (Fsp3) is 1.00. The van der Waals surface area contributed by atoms with Gasteiger partial charge in [-0.25, -0.2) is 0 Å². The third-order valence-electron chi connectivity index (χ3n) is 0.167. The number of rotatable bonds is 2. The van der Waals surface area contributed by atoms with E-state index in [9.17, 15) is 0 Å². The second-order valence-electron chi connectivity index (χ2n) is 0.953. The van der Waals surface area contributed by atoms with Crippen LogP contribution in [0.25, 0.3) is 0 Å². The normalized spacial score (nSPS) is 6.00. The maximum atomic E-state index is 4.45. The number of hydrogen-bond acceptors (Lipinski definition) is 8. The van der Waals surface area contributed by atoms with Crippen molar-refractivity contribution < 1.29 is 29.8 Å². The van der Waals surface area contributed by atoms with Crippen molar-refractivity contribution in [1.82, 2.24) is 0 Å². The molecular weight excluding hydrogens is 672 g/mol. The van der Waals surface area contributed by atoms with Crippen LogP contribution in [0.4, 0.5) is 0 Å². The molecule has 0 aliphatic carbocycles. The van der Waals surface area contributed by atoms with Gasteiger partial charge in [-0.3, -0.25) is 0 Å². The van der Waals surface area contributed by atoms with Crippen LogP contribution in [-0.2, 0) is 80.4 Å². The van der Waals surface area contributed by atoms with E-state index in [0.29, 0.717) is 0 Å². The van der Waals surface area contributed by atoms with E-state index in [1.807, 2.05) is 0 Å². The van der Waals surface area contributed by atoms with Crippen molar-refractivity contribution in [2.75, 3.05) is 23.0 Å². The Kier molecular flexibility index (Phi) is 82.1. The predicted octanol–water partition coefficient (Wildman–Crippen LogP) is 2.75. The van der Waals surface area contributed by atoms with Gasteiger partial charge in [0.05, 0.1) is 0 Å². The van der Waals surface area contributed by atoms with Crippen molar-refractivity contribution in [3.8, 4) is 0 Å². The molecule has 0 spiro atoms. The molecule has 0 N–H and O–H groups in total. The Balaban J connectivity index is -0.0000000482. The van der Waals surface area contributed by atoms with Gasteiger partial charge in [0, 0.05) is 0 Å². The summed E-state index contributed by atoms with van der Waals surface area (Å²) in [6.07, 6.45) is 0. The Hall–Kier alpha value is 3.66. The van der Waals surface area contributed by atoms with E-state index in [1.54, 1.807) is 0 Å². The van der Waals surface area contributed by atoms with Gasteiger partial charge in [0.1, 0.15) is 0 Å². The van der Waals surface area contributed by atoms with Crippen LogP contribution >= 0.6 is 39.3 Å². The van der Waals surface area contributed by atoms with Crippen molar-refractivity contribution in [2.24, 2.45) is 0 Å². The second kappa shape index (κ2) is 43.8. The van der Waals surface area contributed by atoms with Crippen LogP contribution in [0.1, 0.15) is 0 Å². The molecule has 0 nitrogen and oxygen atoms in total. The SMILES string of the molecule is [S-]CC[S-].[S-]CC[S-].[S]=[W]=[S].[S]=[W]=[S]. The Bertz CT molecular complexity index is 107. The van der Waals surface area contributed by atoms with Crippen LogP contribution in [0, 0.1) is 0 Å². The molecule has 0 aliphatic heterocycles. The minimum atomic E-state index is -0.583. The molecule has 0 aromatic heterocycles. The van der Waals surface area contributed by atoms with E-state index >= 15 is 0 Å². The molecule has 0 radical (unpaired) electrons. The Morgan fingerprint density at radius 2 is 0.643 bits per heavy atom. The van der Waals surface area contributed by atoms with E-state index in [0.717, 1.165) is 23.0 Å². The first-order valence-corrected chi connectivity index (χ1v) is 20.8. The Labute approximate surface area is 140 Å². The number of hydrogen-bond donors (Lipinski definition) is 0. The average molecular weight is 680 g/mol. The van der Waals surface area contributed by atoms with Crippen LogP contribution in [0.5, 0.6) is 0 Å². The summed E-state index contributed by atoms with van der Waals surface area (Å²) in [7, 11) is 17.5. The third kappa shape index (κ3) is 105. The summed E-state index contributed by atoms with van der Waals surface area (Å²) in [4.78, 5) is 0. The zero-order valence-electron chi connectivity index (χ0n) is 6.91. The van der Waals surface area contributed by atoms with E-state index in [4.69, 9.17) is 0 Å². The standard InChI is InChI=1S/2C2H6S2.4S.2W/c2*3-1-2-4;;;;;;/h2*3-4H,1-2H2;;;;;;/p-4. The molecule has 88 valence electrons. The summed E-state index contributed by atoms with van der Waals surface area (Å²) in [5.41, 5.74) is 0. The van der Waals surface area contributed by atoms with E-state index < -0.39 is 29.8 Å². The van der Waals surface area contributed by atoms with Gasteiger partial charge in [0.25, 0.3) is 0 Å². The topological polar surface area (TPSA) is 0 Å². The summed E-state index contributed by atoms with van der Waals surface area (Å²) in [6, 6.07) is 0. The van der Waals surface area contributed by atoms with Gasteiger partial charge in [0.15, 0.2) is 0 Å². The molecule has 0 fully saturated rings. The fourth-order valence-corrected chi connectivity index (χ4v) is 0. The quantitative estimate of drug-likeness (QED) is 0.404. The van der Waals surface area contributed by atoms with Crippen molar-refractivity contribution in [1.29, 1.82) is 0 Å². The van der Waals surface area contributed by atoms with Crippen molar-refractivity contribution in [3.63, 3.8) is 0 Å². The molecule has 0 atom stereocenters. The van der Waals surface area contributed by atoms with Crippen molar-refractivity contribution >= 4 is 89.8 Å². The molecule has 0 unspecified atom stereocenters. The summed E-state index contributed by atoms with van der Waals surface area (Å²) in [5, 5.41) is 0. The van der Waals surface area contributed by atoms with Gasteiger partial charge in [0.2, 0.25) is 0 Å². The average Bonchev–Trinajstić information content (AvgIpc) is 2.20. The molecule has 0 rings (SSSR count). The molecule has 0 amide bonds. The minimum absolute atomic E-state index is 0.583. The van der Waals surface area contributed by atoms with E-state index in [1.165, 1.54) is 0 Å². The summed E-state index contributed by atoms with van der Waals surface area (Å²) in [5.74, 6) is 2.87. The molecular formula is C4H8S8W2-4. The first-order valence-electron chi connectivity index (χ1n) is 2.82. The Morgan fingerprint density at radius 1 is 0.571 bits per heavy atom. The summed E-state index contributed by atoms with van der Waals surface area (Å²) >= 11 is 16.6. The zero-order chi connectivity index (χ0) is 12.2. The molecule has 0 saturated carbocycles. The van der Waals surface area contributed by atoms with Gasteiger partial charge in [-0.1, -0.05) is 0 Å². The maximum absolute atomic E-state index is 4.45. The van der Waals surface area contributed by atoms with Gasteiger partial charge >= 0.3 is 69.1 Å². The molecule has 0 saturated heterocycles. The Morgan fingerprint density at radius 3 is 0.643 bits per heavy atom. The van der Waals surface area contributed by atoms with Gasteiger partial charge < -0.3 is 50.5 Å². The fourth-order valence-electron chi connectivity index (χ4n) is 0. The molecule has 0 aliphatic rings. The van der Waals surface area contributed by atoms with Gasteiger partial charge in [-0.05, 0) is 0 Å². The van der Waals surface area contributed by atoms with Crippen LogP contribution in [0.15, 0.2) is 0 Å². The first-order chi connectivity index (χ1) is 6.66. The molecule has 0 aromatic carbocycles. The predicted molar refractivity (Wildman–Crippen MR) is 79.3 cm³/mol. The first kappa shape index (κ1) is 26.3. The van der Waals surface area contributed by atoms with Crippen molar-refractivity contribution in [2.45, 2.75) is 0 Å². The van der Waals surface area contributed by atoms with E-state index in [2.05, 4.69) is 89.8 Å². The molecule has 10 heteroatoms. The molecule has 0 aromatic rings. The van der Waals surface area contributed by atoms with Gasteiger partial charge in [-0.2, -0.15) is 23.0 Å². The molecule has 0 bridgehead atoms. The van der Waals surface area contributed by atoms with Crippen LogP contribution in [0.3, 0.4) is 0 Å². The van der Waals surface area contributed by atoms with Crippen LogP contribution < -0.4 is 0 Å². The second-order valence-corrected chi connectivity index (χ2v) is 12.5. The zero-order valence-corrected chi connectivity index (χ0v) is 19.3. The summed E-state index contributed by atoms with van der Waals surface area (Å²) in [6.45, 7) is 0.